The monoisotopic (exact) mass is 320 g/mol. The second kappa shape index (κ2) is 6.03. The van der Waals surface area contributed by atoms with Crippen molar-refractivity contribution in [3.05, 3.63) is 50.6 Å². The van der Waals surface area contributed by atoms with Crippen LogP contribution in [0.2, 0.25) is 0 Å². The number of rotatable bonds is 4. The van der Waals surface area contributed by atoms with Gasteiger partial charge in [-0.25, -0.2) is 0 Å². The Morgan fingerprint density at radius 2 is 2.22 bits per heavy atom. The first kappa shape index (κ1) is 13.1. The first-order valence-corrected chi connectivity index (χ1v) is 7.31. The third-order valence-corrected chi connectivity index (χ3v) is 4.33. The Morgan fingerprint density at radius 3 is 2.83 bits per heavy atom. The van der Waals surface area contributed by atoms with E-state index in [-0.39, 0.29) is 0 Å². The van der Waals surface area contributed by atoms with Crippen molar-refractivity contribution in [2.24, 2.45) is 0 Å². The molecule has 0 amide bonds. The van der Waals surface area contributed by atoms with Gasteiger partial charge in [0.2, 0.25) is 0 Å². The second-order valence-electron chi connectivity index (χ2n) is 4.03. The molecule has 0 radical (unpaired) electrons. The number of benzene rings is 1. The van der Waals surface area contributed by atoms with E-state index in [1.165, 1.54) is 4.88 Å². The second-order valence-corrected chi connectivity index (χ2v) is 5.92. The lowest BCUT2D eigenvalue weighted by molar-refractivity contribution is 0.885. The van der Waals surface area contributed by atoms with Crippen LogP contribution < -0.4 is 4.90 Å². The third-order valence-electron chi connectivity index (χ3n) is 2.76. The molecule has 0 unspecified atom stereocenters. The molecule has 2 aromatic rings. The largest absolute Gasteiger partial charge is 0.373 e. The van der Waals surface area contributed by atoms with Gasteiger partial charge in [0.15, 0.2) is 0 Å². The number of hydrogen-bond acceptors (Lipinski definition) is 3. The van der Waals surface area contributed by atoms with Gasteiger partial charge in [-0.15, -0.1) is 11.3 Å². The summed E-state index contributed by atoms with van der Waals surface area (Å²) in [6.45, 7) is 0.963. The van der Waals surface area contributed by atoms with E-state index in [2.05, 4.69) is 51.5 Å². The standard InChI is InChI=1S/C14H13BrN2S/c1-17(7-6-12-3-2-8-18-12)14-5-4-11(10-16)9-13(14)15/h2-5,8-9H,6-7H2,1H3. The SMILES string of the molecule is CN(CCc1cccs1)c1ccc(C#N)cc1Br. The smallest absolute Gasteiger partial charge is 0.0992 e. The van der Waals surface area contributed by atoms with Crippen molar-refractivity contribution in [1.82, 2.24) is 0 Å². The summed E-state index contributed by atoms with van der Waals surface area (Å²) in [7, 11) is 2.07. The predicted molar refractivity (Wildman–Crippen MR) is 80.2 cm³/mol. The summed E-state index contributed by atoms with van der Waals surface area (Å²) in [5.74, 6) is 0. The average Bonchev–Trinajstić information content (AvgIpc) is 2.88. The Morgan fingerprint density at radius 1 is 1.39 bits per heavy atom. The highest BCUT2D eigenvalue weighted by Gasteiger charge is 2.07. The van der Waals surface area contributed by atoms with Gasteiger partial charge >= 0.3 is 0 Å². The molecular formula is C14H13BrN2S. The van der Waals surface area contributed by atoms with E-state index in [4.69, 9.17) is 5.26 Å². The van der Waals surface area contributed by atoms with Gasteiger partial charge in [-0.05, 0) is 52.0 Å². The Labute approximate surface area is 120 Å². The zero-order chi connectivity index (χ0) is 13.0. The summed E-state index contributed by atoms with van der Waals surface area (Å²) in [4.78, 5) is 3.59. The highest BCUT2D eigenvalue weighted by atomic mass is 79.9. The minimum Gasteiger partial charge on any atom is -0.373 e. The van der Waals surface area contributed by atoms with Crippen LogP contribution >= 0.6 is 27.3 Å². The highest BCUT2D eigenvalue weighted by Crippen LogP contribution is 2.26. The molecule has 18 heavy (non-hydrogen) atoms. The van der Waals surface area contributed by atoms with Crippen molar-refractivity contribution < 1.29 is 0 Å². The predicted octanol–water partition coefficient (Wildman–Crippen LogP) is 4.06. The number of anilines is 1. The average molecular weight is 321 g/mol. The van der Waals surface area contributed by atoms with E-state index in [0.717, 1.165) is 23.1 Å². The number of likely N-dealkylation sites (N-methyl/N-ethyl adjacent to an activating group) is 1. The van der Waals surface area contributed by atoms with Crippen molar-refractivity contribution in [3.8, 4) is 6.07 Å². The third kappa shape index (κ3) is 3.12. The number of halogens is 1. The zero-order valence-corrected chi connectivity index (χ0v) is 12.5. The maximum atomic E-state index is 8.84. The normalized spacial score (nSPS) is 10.1. The van der Waals surface area contributed by atoms with Crippen molar-refractivity contribution in [1.29, 1.82) is 5.26 Å². The topological polar surface area (TPSA) is 27.0 Å². The van der Waals surface area contributed by atoms with Gasteiger partial charge in [0, 0.05) is 22.9 Å². The van der Waals surface area contributed by atoms with Crippen LogP contribution in [-0.4, -0.2) is 13.6 Å². The number of hydrogen-bond donors (Lipinski definition) is 0. The summed E-state index contributed by atoms with van der Waals surface area (Å²) in [5, 5.41) is 10.9. The van der Waals surface area contributed by atoms with E-state index in [1.807, 2.05) is 18.2 Å². The van der Waals surface area contributed by atoms with E-state index in [1.54, 1.807) is 11.3 Å². The molecule has 0 saturated carbocycles. The fourth-order valence-corrected chi connectivity index (χ4v) is 3.12. The molecule has 1 aromatic carbocycles. The molecule has 0 aliphatic heterocycles. The molecule has 0 atom stereocenters. The summed E-state index contributed by atoms with van der Waals surface area (Å²) in [6, 6.07) is 12.1. The molecule has 0 saturated heterocycles. The molecule has 2 rings (SSSR count). The van der Waals surface area contributed by atoms with Crippen molar-refractivity contribution in [2.75, 3.05) is 18.5 Å². The number of thiophene rings is 1. The summed E-state index contributed by atoms with van der Waals surface area (Å²) >= 11 is 5.31. The lowest BCUT2D eigenvalue weighted by atomic mass is 10.2. The van der Waals surface area contributed by atoms with Gasteiger partial charge in [-0.1, -0.05) is 6.07 Å². The fraction of sp³-hybridized carbons (Fsp3) is 0.214. The maximum Gasteiger partial charge on any atom is 0.0992 e. The van der Waals surface area contributed by atoms with E-state index >= 15 is 0 Å². The van der Waals surface area contributed by atoms with E-state index in [0.29, 0.717) is 5.56 Å². The molecule has 0 fully saturated rings. The van der Waals surface area contributed by atoms with Crippen LogP contribution in [-0.2, 0) is 6.42 Å². The van der Waals surface area contributed by atoms with Crippen LogP contribution in [0.25, 0.3) is 0 Å². The first-order valence-electron chi connectivity index (χ1n) is 5.64. The summed E-state index contributed by atoms with van der Waals surface area (Å²) < 4.78 is 0.968. The van der Waals surface area contributed by atoms with Crippen molar-refractivity contribution >= 4 is 33.0 Å². The highest BCUT2D eigenvalue weighted by molar-refractivity contribution is 9.10. The summed E-state index contributed by atoms with van der Waals surface area (Å²) in [5.41, 5.74) is 1.79. The zero-order valence-electron chi connectivity index (χ0n) is 10.1. The Balaban J connectivity index is 2.05. The van der Waals surface area contributed by atoms with Gasteiger partial charge in [-0.2, -0.15) is 5.26 Å². The Kier molecular flexibility index (Phi) is 4.40. The molecule has 0 aliphatic carbocycles. The Bertz CT molecular complexity index is 558. The van der Waals surface area contributed by atoms with Crippen molar-refractivity contribution in [2.45, 2.75) is 6.42 Å². The van der Waals surface area contributed by atoms with Crippen LogP contribution in [0.4, 0.5) is 5.69 Å². The van der Waals surface area contributed by atoms with Crippen molar-refractivity contribution in [3.63, 3.8) is 0 Å². The Hall–Kier alpha value is -1.31. The summed E-state index contributed by atoms with van der Waals surface area (Å²) in [6.07, 6.45) is 1.04. The van der Waals surface area contributed by atoms with Gasteiger partial charge in [0.25, 0.3) is 0 Å². The number of nitrogens with zero attached hydrogens (tertiary/aromatic N) is 2. The molecule has 0 bridgehead atoms. The van der Waals surface area contributed by atoms with Crippen LogP contribution in [0.15, 0.2) is 40.2 Å². The molecule has 92 valence electrons. The molecule has 4 heteroatoms. The van der Waals surface area contributed by atoms with Gasteiger partial charge < -0.3 is 4.90 Å². The van der Waals surface area contributed by atoms with Gasteiger partial charge in [0.1, 0.15) is 0 Å². The van der Waals surface area contributed by atoms with E-state index in [9.17, 15) is 0 Å². The molecule has 0 aliphatic rings. The molecule has 1 aromatic heterocycles. The van der Waals surface area contributed by atoms with Crippen LogP contribution in [0.1, 0.15) is 10.4 Å². The lowest BCUT2D eigenvalue weighted by Gasteiger charge is -2.20. The number of nitriles is 1. The van der Waals surface area contributed by atoms with E-state index < -0.39 is 0 Å². The van der Waals surface area contributed by atoms with Crippen LogP contribution in [0.3, 0.4) is 0 Å². The molecule has 2 nitrogen and oxygen atoms in total. The minimum atomic E-state index is 0.678. The molecular weight excluding hydrogens is 308 g/mol. The first-order chi connectivity index (χ1) is 8.70. The van der Waals surface area contributed by atoms with Crippen LogP contribution in [0, 0.1) is 11.3 Å². The molecule has 0 N–H and O–H groups in total. The molecule has 0 spiro atoms. The fourth-order valence-electron chi connectivity index (χ4n) is 1.74. The quantitative estimate of drug-likeness (QED) is 0.849. The minimum absolute atomic E-state index is 0.678. The lowest BCUT2D eigenvalue weighted by Crippen LogP contribution is -2.20. The molecule has 1 heterocycles. The van der Waals surface area contributed by atoms with Gasteiger partial charge in [-0.3, -0.25) is 0 Å². The van der Waals surface area contributed by atoms with Crippen LogP contribution in [0.5, 0.6) is 0 Å². The maximum absolute atomic E-state index is 8.84. The van der Waals surface area contributed by atoms with Gasteiger partial charge in [0.05, 0.1) is 17.3 Å².